The van der Waals surface area contributed by atoms with Crippen LogP contribution in [0.4, 0.5) is 5.69 Å². The van der Waals surface area contributed by atoms with E-state index in [2.05, 4.69) is 41.7 Å². The molecule has 0 bridgehead atoms. The third kappa shape index (κ3) is 3.58. The molecular weight excluding hydrogens is 234 g/mol. The zero-order chi connectivity index (χ0) is 12.9. The van der Waals surface area contributed by atoms with E-state index in [0.717, 1.165) is 18.2 Å². The number of anilines is 1. The number of rotatable bonds is 6. The predicted octanol–water partition coefficient (Wildman–Crippen LogP) is 4.22. The standard InChI is InChI=1S/C17H19NO/c1-3-7-15(8-4-1)17(19-13-14-11-12-14)18-16-9-5-2-6-10-16/h1-10,14,17-18H,11-13H2. The number of hydrogen-bond donors (Lipinski definition) is 1. The molecule has 0 heterocycles. The normalized spacial score (nSPS) is 16.0. The molecule has 98 valence electrons. The largest absolute Gasteiger partial charge is 0.356 e. The second-order valence-electron chi connectivity index (χ2n) is 5.08. The van der Waals surface area contributed by atoms with Crippen LogP contribution in [0.15, 0.2) is 60.7 Å². The van der Waals surface area contributed by atoms with E-state index in [-0.39, 0.29) is 6.23 Å². The van der Waals surface area contributed by atoms with Crippen LogP contribution in [0.1, 0.15) is 24.6 Å². The number of hydrogen-bond acceptors (Lipinski definition) is 2. The molecule has 0 saturated heterocycles. The van der Waals surface area contributed by atoms with Crippen LogP contribution in [0.3, 0.4) is 0 Å². The Balaban J connectivity index is 1.71. The quantitative estimate of drug-likeness (QED) is 0.778. The molecule has 19 heavy (non-hydrogen) atoms. The van der Waals surface area contributed by atoms with Crippen molar-refractivity contribution in [2.75, 3.05) is 11.9 Å². The monoisotopic (exact) mass is 253 g/mol. The lowest BCUT2D eigenvalue weighted by Crippen LogP contribution is -2.15. The number of para-hydroxylation sites is 1. The molecule has 0 spiro atoms. The molecule has 2 nitrogen and oxygen atoms in total. The van der Waals surface area contributed by atoms with Crippen molar-refractivity contribution < 1.29 is 4.74 Å². The first-order valence-electron chi connectivity index (χ1n) is 6.90. The third-order valence-corrected chi connectivity index (χ3v) is 3.37. The average Bonchev–Trinajstić information content (AvgIpc) is 3.30. The minimum atomic E-state index is -0.0656. The maximum absolute atomic E-state index is 6.04. The van der Waals surface area contributed by atoms with Crippen molar-refractivity contribution in [1.29, 1.82) is 0 Å². The fourth-order valence-electron chi connectivity index (χ4n) is 2.05. The molecule has 0 aliphatic heterocycles. The fourth-order valence-corrected chi connectivity index (χ4v) is 2.05. The van der Waals surface area contributed by atoms with Crippen molar-refractivity contribution in [1.82, 2.24) is 0 Å². The molecule has 0 amide bonds. The van der Waals surface area contributed by atoms with E-state index < -0.39 is 0 Å². The Morgan fingerprint density at radius 1 is 0.947 bits per heavy atom. The van der Waals surface area contributed by atoms with Gasteiger partial charge in [0.05, 0.1) is 6.61 Å². The summed E-state index contributed by atoms with van der Waals surface area (Å²) < 4.78 is 6.04. The van der Waals surface area contributed by atoms with Gasteiger partial charge in [-0.3, -0.25) is 0 Å². The summed E-state index contributed by atoms with van der Waals surface area (Å²) in [6.07, 6.45) is 2.56. The van der Waals surface area contributed by atoms with E-state index in [1.807, 2.05) is 24.3 Å². The molecule has 1 unspecified atom stereocenters. The first-order chi connectivity index (χ1) is 9.42. The van der Waals surface area contributed by atoms with Gasteiger partial charge in [0.1, 0.15) is 0 Å². The molecule has 1 atom stereocenters. The smallest absolute Gasteiger partial charge is 0.154 e. The zero-order valence-electron chi connectivity index (χ0n) is 11.0. The maximum atomic E-state index is 6.04. The summed E-state index contributed by atoms with van der Waals surface area (Å²) in [5.74, 6) is 0.767. The van der Waals surface area contributed by atoms with Gasteiger partial charge in [-0.15, -0.1) is 0 Å². The third-order valence-electron chi connectivity index (χ3n) is 3.37. The molecule has 1 aliphatic rings. The van der Waals surface area contributed by atoms with Crippen molar-refractivity contribution >= 4 is 5.69 Å². The summed E-state index contributed by atoms with van der Waals surface area (Å²) in [5, 5.41) is 3.46. The van der Waals surface area contributed by atoms with Gasteiger partial charge in [-0.25, -0.2) is 0 Å². The van der Waals surface area contributed by atoms with Crippen LogP contribution in [0.25, 0.3) is 0 Å². The van der Waals surface area contributed by atoms with Gasteiger partial charge in [-0.05, 0) is 30.9 Å². The molecule has 1 aliphatic carbocycles. The van der Waals surface area contributed by atoms with Gasteiger partial charge in [0.15, 0.2) is 6.23 Å². The van der Waals surface area contributed by atoms with Gasteiger partial charge in [0.2, 0.25) is 0 Å². The van der Waals surface area contributed by atoms with Gasteiger partial charge in [0.25, 0.3) is 0 Å². The molecule has 1 N–H and O–H groups in total. The second kappa shape index (κ2) is 5.89. The van der Waals surface area contributed by atoms with Crippen LogP contribution in [0, 0.1) is 5.92 Å². The summed E-state index contributed by atoms with van der Waals surface area (Å²) in [4.78, 5) is 0. The lowest BCUT2D eigenvalue weighted by atomic mass is 10.2. The topological polar surface area (TPSA) is 21.3 Å². The number of ether oxygens (including phenoxy) is 1. The number of benzene rings is 2. The first-order valence-corrected chi connectivity index (χ1v) is 6.90. The lowest BCUT2D eigenvalue weighted by Gasteiger charge is -2.21. The highest BCUT2D eigenvalue weighted by atomic mass is 16.5. The van der Waals surface area contributed by atoms with E-state index in [4.69, 9.17) is 4.74 Å². The van der Waals surface area contributed by atoms with Gasteiger partial charge in [-0.1, -0.05) is 48.5 Å². The highest BCUT2D eigenvalue weighted by Gasteiger charge is 2.23. The lowest BCUT2D eigenvalue weighted by molar-refractivity contribution is 0.0640. The molecule has 2 heteroatoms. The van der Waals surface area contributed by atoms with E-state index in [9.17, 15) is 0 Å². The summed E-state index contributed by atoms with van der Waals surface area (Å²) in [6, 6.07) is 20.6. The average molecular weight is 253 g/mol. The molecule has 3 rings (SSSR count). The Morgan fingerprint density at radius 3 is 2.21 bits per heavy atom. The van der Waals surface area contributed by atoms with Crippen LogP contribution >= 0.6 is 0 Å². The van der Waals surface area contributed by atoms with Crippen LogP contribution < -0.4 is 5.32 Å². The Morgan fingerprint density at radius 2 is 1.58 bits per heavy atom. The minimum Gasteiger partial charge on any atom is -0.356 e. The Bertz CT molecular complexity index is 493. The minimum absolute atomic E-state index is 0.0656. The highest BCUT2D eigenvalue weighted by molar-refractivity contribution is 5.44. The van der Waals surface area contributed by atoms with Gasteiger partial charge in [-0.2, -0.15) is 0 Å². The van der Waals surface area contributed by atoms with Crippen molar-refractivity contribution in [2.24, 2.45) is 5.92 Å². The van der Waals surface area contributed by atoms with E-state index >= 15 is 0 Å². The van der Waals surface area contributed by atoms with Gasteiger partial charge >= 0.3 is 0 Å². The van der Waals surface area contributed by atoms with Crippen LogP contribution in [0.5, 0.6) is 0 Å². The van der Waals surface area contributed by atoms with Crippen LogP contribution in [-0.4, -0.2) is 6.61 Å². The zero-order valence-corrected chi connectivity index (χ0v) is 11.0. The Labute approximate surface area is 114 Å². The molecule has 1 fully saturated rings. The van der Waals surface area contributed by atoms with Crippen LogP contribution in [0.2, 0.25) is 0 Å². The summed E-state index contributed by atoms with van der Waals surface area (Å²) in [7, 11) is 0. The molecule has 0 radical (unpaired) electrons. The number of nitrogens with one attached hydrogen (secondary N) is 1. The van der Waals surface area contributed by atoms with Crippen molar-refractivity contribution in [3.8, 4) is 0 Å². The summed E-state index contributed by atoms with van der Waals surface area (Å²) in [6.45, 7) is 0.847. The molecule has 2 aromatic rings. The van der Waals surface area contributed by atoms with Crippen LogP contribution in [-0.2, 0) is 4.74 Å². The predicted molar refractivity (Wildman–Crippen MR) is 77.9 cm³/mol. The van der Waals surface area contributed by atoms with E-state index in [1.165, 1.54) is 18.4 Å². The van der Waals surface area contributed by atoms with Crippen molar-refractivity contribution in [3.63, 3.8) is 0 Å². The summed E-state index contributed by atoms with van der Waals surface area (Å²) in [5.41, 5.74) is 2.26. The van der Waals surface area contributed by atoms with E-state index in [0.29, 0.717) is 0 Å². The molecule has 2 aromatic carbocycles. The first kappa shape index (κ1) is 12.2. The molecule has 1 saturated carbocycles. The van der Waals surface area contributed by atoms with E-state index in [1.54, 1.807) is 0 Å². The summed E-state index contributed by atoms with van der Waals surface area (Å²) >= 11 is 0. The fraction of sp³-hybridized carbons (Fsp3) is 0.294. The highest BCUT2D eigenvalue weighted by Crippen LogP contribution is 2.31. The van der Waals surface area contributed by atoms with Gasteiger partial charge < -0.3 is 10.1 Å². The molecular formula is C17H19NO. The SMILES string of the molecule is c1ccc(NC(OCC2CC2)c2ccccc2)cc1. The van der Waals surface area contributed by atoms with Crippen molar-refractivity contribution in [3.05, 3.63) is 66.2 Å². The molecule has 0 aromatic heterocycles. The Kier molecular flexibility index (Phi) is 3.80. The second-order valence-corrected chi connectivity index (χ2v) is 5.08. The van der Waals surface area contributed by atoms with Gasteiger partial charge in [0, 0.05) is 11.3 Å². The van der Waals surface area contributed by atoms with Crippen molar-refractivity contribution in [2.45, 2.75) is 19.1 Å². The Hall–Kier alpha value is -1.80. The maximum Gasteiger partial charge on any atom is 0.154 e.